The van der Waals surface area contributed by atoms with Gasteiger partial charge in [-0.2, -0.15) is 0 Å². The van der Waals surface area contributed by atoms with Crippen LogP contribution < -0.4 is 15.8 Å². The molecule has 10 nitrogen and oxygen atoms in total. The van der Waals surface area contributed by atoms with Gasteiger partial charge in [-0.15, -0.1) is 0 Å². The standard InChI is InChI=1S/C43H63N3O7/c1-28(49)24-45-25-36-35-23-37(46-42(35)30-16-18-43(36)17-6-8-32(43)21-30)39(51)27-52-41-20-29(13-15-38(41)50)12-14-34-22-31(26-48)40(53-34)11-5-3-2-4-9-33(44)10-7-19-47/h13,15-16,18,20,22-23,28,30,32-33,36,39,45-51H,2-12,14,17,19,21,24-27,44H2,1H3/t28-,30-,32+,33-,36-,39-,43+/m0/s1. The summed E-state index contributed by atoms with van der Waals surface area (Å²) in [6.45, 7) is 3.27. The summed E-state index contributed by atoms with van der Waals surface area (Å²) in [7, 11) is 0. The third-order valence-corrected chi connectivity index (χ3v) is 12.2. The number of nitrogens with two attached hydrogens (primary N) is 1. The summed E-state index contributed by atoms with van der Waals surface area (Å²) in [5.41, 5.74) is 11.2. The van der Waals surface area contributed by atoms with Gasteiger partial charge in [-0.1, -0.05) is 43.9 Å². The Morgan fingerprint density at radius 3 is 2.68 bits per heavy atom. The Bertz CT molecular complexity index is 1630. The van der Waals surface area contributed by atoms with Crippen LogP contribution in [0.1, 0.15) is 135 Å². The number of hydrogen-bond acceptors (Lipinski definition) is 9. The van der Waals surface area contributed by atoms with Crippen LogP contribution in [0.2, 0.25) is 0 Å². The van der Waals surface area contributed by atoms with Crippen molar-refractivity contribution in [2.24, 2.45) is 17.1 Å². The van der Waals surface area contributed by atoms with Crippen molar-refractivity contribution in [3.05, 3.63) is 82.1 Å². The molecule has 7 rings (SSSR count). The van der Waals surface area contributed by atoms with Gasteiger partial charge in [0, 0.05) is 67.4 Å². The molecule has 0 aliphatic heterocycles. The van der Waals surface area contributed by atoms with Crippen LogP contribution in [-0.2, 0) is 25.9 Å². The summed E-state index contributed by atoms with van der Waals surface area (Å²) < 4.78 is 12.2. The first-order valence-electron chi connectivity index (χ1n) is 20.2. The van der Waals surface area contributed by atoms with Crippen molar-refractivity contribution < 1.29 is 34.7 Å². The quantitative estimate of drug-likeness (QED) is 0.0442. The number of hydrogen-bond donors (Lipinski definition) is 8. The zero-order chi connectivity index (χ0) is 37.4. The topological polar surface area (TPSA) is 177 Å². The number of unbranched alkanes of at least 4 members (excludes halogenated alkanes) is 3. The molecule has 1 aromatic carbocycles. The Morgan fingerprint density at radius 2 is 1.87 bits per heavy atom. The number of aromatic nitrogens is 1. The zero-order valence-corrected chi connectivity index (χ0v) is 31.6. The Hall–Kier alpha value is -3.12. The van der Waals surface area contributed by atoms with Crippen LogP contribution in [0.4, 0.5) is 0 Å². The Labute approximate surface area is 314 Å². The van der Waals surface area contributed by atoms with Crippen molar-refractivity contribution >= 4 is 0 Å². The molecule has 0 amide bonds. The molecule has 0 saturated heterocycles. The van der Waals surface area contributed by atoms with Crippen molar-refractivity contribution in [1.29, 1.82) is 0 Å². The lowest BCUT2D eigenvalue weighted by Crippen LogP contribution is -2.39. The predicted octanol–water partition coefficient (Wildman–Crippen LogP) is 6.19. The number of furan rings is 1. The van der Waals surface area contributed by atoms with E-state index in [1.807, 2.05) is 18.2 Å². The summed E-state index contributed by atoms with van der Waals surface area (Å²) in [4.78, 5) is 3.60. The average molecular weight is 734 g/mol. The lowest BCUT2D eigenvalue weighted by atomic mass is 9.64. The number of phenols is 1. The fraction of sp³-hybridized carbons (Fsp3) is 0.628. The van der Waals surface area contributed by atoms with Crippen molar-refractivity contribution in [3.63, 3.8) is 0 Å². The van der Waals surface area contributed by atoms with Crippen LogP contribution in [0, 0.1) is 11.3 Å². The van der Waals surface area contributed by atoms with E-state index >= 15 is 0 Å². The van der Waals surface area contributed by atoms with Gasteiger partial charge in [-0.05, 0) is 105 Å². The molecule has 9 N–H and O–H groups in total. The number of H-pyrrole nitrogens is 1. The van der Waals surface area contributed by atoms with Gasteiger partial charge in [0.2, 0.25) is 0 Å². The van der Waals surface area contributed by atoms with E-state index in [4.69, 9.17) is 20.0 Å². The Balaban J connectivity index is 1.02. The molecular weight excluding hydrogens is 670 g/mol. The number of benzene rings is 1. The van der Waals surface area contributed by atoms with E-state index in [0.29, 0.717) is 37.0 Å². The molecule has 2 heterocycles. The maximum absolute atomic E-state index is 11.4. The molecule has 292 valence electrons. The summed E-state index contributed by atoms with van der Waals surface area (Å²) in [5, 5.41) is 54.4. The minimum Gasteiger partial charge on any atom is -0.504 e. The smallest absolute Gasteiger partial charge is 0.161 e. The van der Waals surface area contributed by atoms with Crippen LogP contribution in [0.5, 0.6) is 11.5 Å². The van der Waals surface area contributed by atoms with Gasteiger partial charge in [-0.25, -0.2) is 0 Å². The molecule has 3 aromatic rings. The zero-order valence-electron chi connectivity index (χ0n) is 31.6. The second kappa shape index (κ2) is 18.5. The van der Waals surface area contributed by atoms with Gasteiger partial charge < -0.3 is 50.7 Å². The van der Waals surface area contributed by atoms with Gasteiger partial charge >= 0.3 is 0 Å². The Kier molecular flexibility index (Phi) is 13.8. The lowest BCUT2D eigenvalue weighted by Gasteiger charge is -2.41. The molecule has 1 saturated carbocycles. The van der Waals surface area contributed by atoms with E-state index in [1.165, 1.54) is 24.1 Å². The number of aliphatic hydroxyl groups excluding tert-OH is 4. The van der Waals surface area contributed by atoms with Gasteiger partial charge in [0.25, 0.3) is 0 Å². The van der Waals surface area contributed by atoms with Crippen molar-refractivity contribution in [2.75, 3.05) is 26.3 Å². The number of phenolic OH excluding ortho intramolecular Hbond substituents is 1. The highest BCUT2D eigenvalue weighted by molar-refractivity contribution is 5.44. The maximum atomic E-state index is 11.4. The maximum Gasteiger partial charge on any atom is 0.161 e. The number of allylic oxidation sites excluding steroid dienone is 2. The van der Waals surface area contributed by atoms with Gasteiger partial charge in [-0.3, -0.25) is 0 Å². The molecule has 10 heteroatoms. The first-order chi connectivity index (χ1) is 25.7. The van der Waals surface area contributed by atoms with Crippen LogP contribution in [0.15, 0.2) is 46.9 Å². The largest absolute Gasteiger partial charge is 0.504 e. The molecule has 2 bridgehead atoms. The molecule has 7 atom stereocenters. The van der Waals surface area contributed by atoms with Gasteiger partial charge in [0.1, 0.15) is 24.2 Å². The van der Waals surface area contributed by atoms with Gasteiger partial charge in [0.05, 0.1) is 12.7 Å². The van der Waals surface area contributed by atoms with E-state index < -0.39 is 12.2 Å². The van der Waals surface area contributed by atoms with Crippen LogP contribution in [0.3, 0.4) is 0 Å². The summed E-state index contributed by atoms with van der Waals surface area (Å²) in [6.07, 6.45) is 17.3. The summed E-state index contributed by atoms with van der Waals surface area (Å²) in [6, 6.07) is 9.57. The summed E-state index contributed by atoms with van der Waals surface area (Å²) in [5.74, 6) is 3.23. The third-order valence-electron chi connectivity index (χ3n) is 12.2. The lowest BCUT2D eigenvalue weighted by molar-refractivity contribution is 0.103. The fourth-order valence-electron chi connectivity index (χ4n) is 9.36. The van der Waals surface area contributed by atoms with E-state index in [-0.39, 0.29) is 42.9 Å². The molecule has 2 aromatic heterocycles. The van der Waals surface area contributed by atoms with Crippen LogP contribution in [0.25, 0.3) is 0 Å². The van der Waals surface area contributed by atoms with E-state index in [0.717, 1.165) is 99.1 Å². The number of aromatic hydroxyl groups is 1. The van der Waals surface area contributed by atoms with Crippen LogP contribution >= 0.6 is 0 Å². The number of nitrogens with one attached hydrogen (secondary N) is 2. The SMILES string of the molecule is C[C@H](O)CNC[C@H]1c2cc([C@@H](O)COc3cc(CCc4cc(CO)c(CCCCCC[C@H](N)CCCO)o4)ccc3O)[nH]c2[C@H]2C=C[C@@]13CCC[C@@H]3C2. The highest BCUT2D eigenvalue weighted by Crippen LogP contribution is 2.62. The number of aliphatic hydroxyl groups is 4. The minimum atomic E-state index is -0.900. The molecule has 0 radical (unpaired) electrons. The highest BCUT2D eigenvalue weighted by Gasteiger charge is 2.53. The second-order valence-electron chi connectivity index (χ2n) is 16.1. The molecule has 1 spiro atoms. The van der Waals surface area contributed by atoms with E-state index in [9.17, 15) is 20.4 Å². The first kappa shape index (κ1) is 39.6. The molecule has 4 aliphatic rings. The van der Waals surface area contributed by atoms with Crippen LogP contribution in [-0.4, -0.2) is 69.0 Å². The number of aromatic amines is 1. The van der Waals surface area contributed by atoms with E-state index in [1.54, 1.807) is 13.0 Å². The first-order valence-corrected chi connectivity index (χ1v) is 20.2. The predicted molar refractivity (Wildman–Crippen MR) is 206 cm³/mol. The third kappa shape index (κ3) is 9.58. The Morgan fingerprint density at radius 1 is 1.04 bits per heavy atom. The van der Waals surface area contributed by atoms with Gasteiger partial charge in [0.15, 0.2) is 11.5 Å². The molecular formula is C43H63N3O7. The number of aryl methyl sites for hydroxylation is 3. The van der Waals surface area contributed by atoms with E-state index in [2.05, 4.69) is 28.5 Å². The number of rotatable bonds is 22. The summed E-state index contributed by atoms with van der Waals surface area (Å²) >= 11 is 0. The molecule has 1 fully saturated rings. The minimum absolute atomic E-state index is 0.00640. The van der Waals surface area contributed by atoms with Crippen molar-refractivity contribution in [2.45, 2.75) is 134 Å². The highest BCUT2D eigenvalue weighted by atomic mass is 16.5. The van der Waals surface area contributed by atoms with Crippen molar-refractivity contribution in [1.82, 2.24) is 10.3 Å². The van der Waals surface area contributed by atoms with Crippen molar-refractivity contribution in [3.8, 4) is 11.5 Å². The molecule has 0 unspecified atom stereocenters. The monoisotopic (exact) mass is 733 g/mol. The molecule has 53 heavy (non-hydrogen) atoms. The normalized spacial score (nSPS) is 23.5. The fourth-order valence-corrected chi connectivity index (χ4v) is 9.36. The molecule has 4 aliphatic carbocycles. The second-order valence-corrected chi connectivity index (χ2v) is 16.1. The number of ether oxygens (including phenoxy) is 1. The average Bonchev–Trinajstić information content (AvgIpc) is 3.87.